The van der Waals surface area contributed by atoms with E-state index in [4.69, 9.17) is 4.74 Å². The maximum atomic E-state index is 5.55. The van der Waals surface area contributed by atoms with Crippen molar-refractivity contribution >= 4 is 0 Å². The van der Waals surface area contributed by atoms with E-state index in [1.165, 1.54) is 212 Å². The third kappa shape index (κ3) is 31.9. The lowest BCUT2D eigenvalue weighted by atomic mass is 10.1. The third-order valence-corrected chi connectivity index (χ3v) is 10.0. The van der Waals surface area contributed by atoms with E-state index in [0.717, 1.165) is 26.3 Å². The molecule has 0 aliphatic carbocycles. The van der Waals surface area contributed by atoms with E-state index in [1.54, 1.807) is 0 Å². The highest BCUT2D eigenvalue weighted by atomic mass is 16.5. The third-order valence-electron chi connectivity index (χ3n) is 10.0. The normalized spacial score (nSPS) is 14.5. The predicted molar refractivity (Wildman–Crippen MR) is 207 cm³/mol. The zero-order valence-corrected chi connectivity index (χ0v) is 31.8. The molecule has 1 saturated heterocycles. The first-order chi connectivity index (χ1) is 22.9. The van der Waals surface area contributed by atoms with Gasteiger partial charge in [-0.1, -0.05) is 154 Å². The van der Waals surface area contributed by atoms with Gasteiger partial charge in [0.15, 0.2) is 0 Å². The first-order valence-electron chi connectivity index (χ1n) is 21.2. The summed E-state index contributed by atoms with van der Waals surface area (Å²) in [6, 6.07) is 0. The van der Waals surface area contributed by atoms with Crippen LogP contribution in [-0.4, -0.2) is 62.3 Å². The quantitative estimate of drug-likeness (QED) is 0.0498. The molecular formula is C43H84N2O. The summed E-state index contributed by atoms with van der Waals surface area (Å²) in [6.45, 7) is 13.9. The molecular weight excluding hydrogens is 560 g/mol. The fourth-order valence-electron chi connectivity index (χ4n) is 6.84. The van der Waals surface area contributed by atoms with Gasteiger partial charge in [0, 0.05) is 13.1 Å². The molecule has 272 valence electrons. The van der Waals surface area contributed by atoms with Crippen LogP contribution in [0.25, 0.3) is 0 Å². The summed E-state index contributed by atoms with van der Waals surface area (Å²) in [5, 5.41) is 0. The summed E-state index contributed by atoms with van der Waals surface area (Å²) in [5.74, 6) is 0. The molecule has 1 heterocycles. The number of hydrogen-bond acceptors (Lipinski definition) is 3. The molecule has 3 nitrogen and oxygen atoms in total. The molecule has 46 heavy (non-hydrogen) atoms. The van der Waals surface area contributed by atoms with Gasteiger partial charge in [-0.15, -0.1) is 0 Å². The summed E-state index contributed by atoms with van der Waals surface area (Å²) in [6.07, 6.45) is 50.2. The van der Waals surface area contributed by atoms with Gasteiger partial charge in [-0.25, -0.2) is 0 Å². The molecule has 1 fully saturated rings. The molecule has 0 aromatic rings. The molecule has 0 amide bonds. The average Bonchev–Trinajstić information content (AvgIpc) is 3.08. The predicted octanol–water partition coefficient (Wildman–Crippen LogP) is 13.1. The van der Waals surface area contributed by atoms with Gasteiger partial charge in [0.2, 0.25) is 0 Å². The molecule has 0 radical (unpaired) electrons. The summed E-state index contributed by atoms with van der Waals surface area (Å²) >= 11 is 0. The molecule has 0 aromatic heterocycles. The zero-order valence-electron chi connectivity index (χ0n) is 31.8. The smallest absolute Gasteiger partial charge is 0.0594 e. The first-order valence-corrected chi connectivity index (χ1v) is 21.2. The lowest BCUT2D eigenvalue weighted by molar-refractivity contribution is 0.0360. The fourth-order valence-corrected chi connectivity index (χ4v) is 6.84. The van der Waals surface area contributed by atoms with Crippen LogP contribution in [0, 0.1) is 0 Å². The van der Waals surface area contributed by atoms with Crippen molar-refractivity contribution in [2.24, 2.45) is 0 Å². The Kier molecular flexibility index (Phi) is 35.1. The van der Waals surface area contributed by atoms with E-state index in [-0.39, 0.29) is 0 Å². The molecule has 0 bridgehead atoms. The van der Waals surface area contributed by atoms with Crippen LogP contribution in [0.2, 0.25) is 0 Å². The van der Waals surface area contributed by atoms with Gasteiger partial charge in [-0.2, -0.15) is 0 Å². The maximum absolute atomic E-state index is 5.55. The van der Waals surface area contributed by atoms with E-state index >= 15 is 0 Å². The van der Waals surface area contributed by atoms with Gasteiger partial charge in [0.25, 0.3) is 0 Å². The molecule has 1 aliphatic rings. The van der Waals surface area contributed by atoms with Gasteiger partial charge in [-0.05, 0) is 96.8 Å². The lowest BCUT2D eigenvalue weighted by Crippen LogP contribution is -2.38. The number of rotatable bonds is 36. The van der Waals surface area contributed by atoms with Crippen molar-refractivity contribution in [3.05, 3.63) is 24.3 Å². The average molecular weight is 645 g/mol. The second kappa shape index (κ2) is 37.2. The van der Waals surface area contributed by atoms with Gasteiger partial charge in [0.1, 0.15) is 0 Å². The van der Waals surface area contributed by atoms with Gasteiger partial charge in [0.05, 0.1) is 13.2 Å². The van der Waals surface area contributed by atoms with Crippen LogP contribution in [-0.2, 0) is 4.74 Å². The van der Waals surface area contributed by atoms with Crippen LogP contribution in [0.3, 0.4) is 0 Å². The second-order valence-electron chi connectivity index (χ2n) is 14.5. The van der Waals surface area contributed by atoms with Crippen molar-refractivity contribution in [3.8, 4) is 0 Å². The van der Waals surface area contributed by atoms with Gasteiger partial charge < -0.3 is 9.64 Å². The Labute approximate surface area is 290 Å². The van der Waals surface area contributed by atoms with Crippen LogP contribution in [0.15, 0.2) is 24.3 Å². The Bertz CT molecular complexity index is 584. The maximum Gasteiger partial charge on any atom is 0.0594 e. The highest BCUT2D eigenvalue weighted by Crippen LogP contribution is 2.13. The monoisotopic (exact) mass is 645 g/mol. The summed E-state index contributed by atoms with van der Waals surface area (Å²) in [4.78, 5) is 5.42. The van der Waals surface area contributed by atoms with Gasteiger partial charge >= 0.3 is 0 Å². The van der Waals surface area contributed by atoms with Crippen molar-refractivity contribution in [3.63, 3.8) is 0 Å². The van der Waals surface area contributed by atoms with E-state index in [0.29, 0.717) is 0 Å². The van der Waals surface area contributed by atoms with Crippen molar-refractivity contribution in [2.45, 2.75) is 200 Å². The molecule has 1 rings (SSSR count). The van der Waals surface area contributed by atoms with E-state index in [9.17, 15) is 0 Å². The number of ether oxygens (including phenoxy) is 1. The first kappa shape index (κ1) is 43.4. The van der Waals surface area contributed by atoms with Crippen molar-refractivity contribution in [1.82, 2.24) is 9.80 Å². The summed E-state index contributed by atoms with van der Waals surface area (Å²) < 4.78 is 5.55. The Balaban J connectivity index is 2.05. The molecule has 3 heteroatoms. The van der Waals surface area contributed by atoms with Crippen molar-refractivity contribution in [2.75, 3.05) is 52.5 Å². The number of nitrogens with zero attached hydrogens (tertiary/aromatic N) is 2. The summed E-state index contributed by atoms with van der Waals surface area (Å²) in [7, 11) is 0. The number of allylic oxidation sites excluding steroid dienone is 4. The topological polar surface area (TPSA) is 15.7 Å². The molecule has 0 atom stereocenters. The number of unbranched alkanes of at least 4 members (excludes halogenated alkanes) is 24. The van der Waals surface area contributed by atoms with E-state index in [1.807, 2.05) is 0 Å². The second-order valence-corrected chi connectivity index (χ2v) is 14.5. The lowest BCUT2D eigenvalue weighted by Gasteiger charge is -2.28. The number of hydrogen-bond donors (Lipinski definition) is 0. The minimum atomic E-state index is 0.925. The Morgan fingerprint density at radius 2 is 0.739 bits per heavy atom. The van der Waals surface area contributed by atoms with E-state index in [2.05, 4.69) is 48.0 Å². The Hall–Kier alpha value is -0.640. The van der Waals surface area contributed by atoms with Crippen LogP contribution in [0.1, 0.15) is 200 Å². The number of morpholine rings is 1. The minimum absolute atomic E-state index is 0.925. The fraction of sp³-hybridized carbons (Fsp3) is 0.907. The SMILES string of the molecule is CCCCCCCC/C=C\CCCCCCCCN(CCCCCCCC/C=C\CCCCCCCC)CCCN1CCOCC1. The van der Waals surface area contributed by atoms with Crippen LogP contribution in [0.5, 0.6) is 0 Å². The largest absolute Gasteiger partial charge is 0.379 e. The Morgan fingerprint density at radius 3 is 1.13 bits per heavy atom. The summed E-state index contributed by atoms with van der Waals surface area (Å²) in [5.41, 5.74) is 0. The molecule has 0 N–H and O–H groups in total. The molecule has 0 unspecified atom stereocenters. The highest BCUT2D eigenvalue weighted by Gasteiger charge is 2.11. The van der Waals surface area contributed by atoms with Crippen molar-refractivity contribution in [1.29, 1.82) is 0 Å². The standard InChI is InChI=1S/C43H84N2O/c1-3-5-7-9-11-13-15-17-19-21-23-25-27-29-31-33-36-44(38-35-39-45-40-42-46-43-41-45)37-34-32-30-28-26-24-22-20-18-16-14-12-10-8-6-4-2/h17-20H,3-16,21-43H2,1-2H3/b19-17-,20-18-. The van der Waals surface area contributed by atoms with Crippen LogP contribution in [0.4, 0.5) is 0 Å². The van der Waals surface area contributed by atoms with Gasteiger partial charge in [-0.3, -0.25) is 4.90 Å². The molecule has 0 saturated carbocycles. The zero-order chi connectivity index (χ0) is 32.9. The van der Waals surface area contributed by atoms with E-state index < -0.39 is 0 Å². The minimum Gasteiger partial charge on any atom is -0.379 e. The molecule has 1 aliphatic heterocycles. The van der Waals surface area contributed by atoms with Crippen LogP contribution >= 0.6 is 0 Å². The molecule has 0 spiro atoms. The Morgan fingerprint density at radius 1 is 0.413 bits per heavy atom. The van der Waals surface area contributed by atoms with Crippen molar-refractivity contribution < 1.29 is 4.74 Å². The van der Waals surface area contributed by atoms with Crippen LogP contribution < -0.4 is 0 Å². The molecule has 0 aromatic carbocycles. The highest BCUT2D eigenvalue weighted by molar-refractivity contribution is 4.82.